The summed E-state index contributed by atoms with van der Waals surface area (Å²) in [5.41, 5.74) is 2.17. The molecule has 3 rings (SSSR count). The monoisotopic (exact) mass is 262 g/mol. The molecule has 0 atom stereocenters. The third kappa shape index (κ3) is 1.91. The van der Waals surface area contributed by atoms with Crippen LogP contribution in [-0.4, -0.2) is 4.98 Å². The van der Waals surface area contributed by atoms with Gasteiger partial charge in [-0.05, 0) is 25.1 Å². The first-order valence-electron chi connectivity index (χ1n) is 5.49. The number of aromatic nitrogens is 2. The van der Waals surface area contributed by atoms with E-state index in [2.05, 4.69) is 27.9 Å². The summed E-state index contributed by atoms with van der Waals surface area (Å²) in [6.45, 7) is 2.01. The zero-order valence-electron chi connectivity index (χ0n) is 10.1. The Balaban J connectivity index is 0.00000120. The Labute approximate surface area is 109 Å². The van der Waals surface area contributed by atoms with Crippen molar-refractivity contribution < 1.29 is 9.27 Å². The number of halogens is 2. The number of hydrogen-bond donors (Lipinski definition) is 0. The van der Waals surface area contributed by atoms with Gasteiger partial charge in [-0.3, -0.25) is 4.98 Å². The van der Waals surface area contributed by atoms with E-state index in [4.69, 9.17) is 11.6 Å². The highest BCUT2D eigenvalue weighted by molar-refractivity contribution is 6.31. The summed E-state index contributed by atoms with van der Waals surface area (Å²) in [4.78, 5) is 4.33. The second kappa shape index (κ2) is 4.50. The smallest absolute Gasteiger partial charge is 0.214 e. The molecule has 0 unspecified atom stereocenters. The van der Waals surface area contributed by atoms with Gasteiger partial charge in [0.15, 0.2) is 6.20 Å². The molecule has 0 aliphatic carbocycles. The molecule has 3 aromatic rings. The molecule has 1 aromatic carbocycles. The van der Waals surface area contributed by atoms with Gasteiger partial charge in [-0.1, -0.05) is 11.6 Å². The Morgan fingerprint density at radius 1 is 1.17 bits per heavy atom. The molecule has 0 fully saturated rings. The van der Waals surface area contributed by atoms with Crippen molar-refractivity contribution in [3.63, 3.8) is 0 Å². The van der Waals surface area contributed by atoms with Crippen LogP contribution >= 0.6 is 11.6 Å². The van der Waals surface area contributed by atoms with E-state index in [1.54, 1.807) is 0 Å². The minimum Gasteiger partial charge on any atom is -1.00 e. The van der Waals surface area contributed by atoms with Crippen LogP contribution < -0.4 is 9.27 Å². The van der Waals surface area contributed by atoms with Crippen LogP contribution in [0.4, 0.5) is 0 Å². The fourth-order valence-electron chi connectivity index (χ4n) is 2.21. The fraction of sp³-hybridized carbons (Fsp3) is 0.143. The summed E-state index contributed by atoms with van der Waals surface area (Å²) >= 11 is 6.05. The van der Waals surface area contributed by atoms with E-state index < -0.39 is 0 Å². The van der Waals surface area contributed by atoms with E-state index in [0.29, 0.717) is 0 Å². The van der Waals surface area contributed by atoms with Gasteiger partial charge in [-0.15, -0.1) is 0 Å². The molecule has 2 aromatic heterocycles. The molecule has 0 amide bonds. The molecule has 0 N–H and O–H groups in total. The van der Waals surface area contributed by atoms with Crippen LogP contribution in [-0.2, 0) is 7.05 Å². The molecule has 2 nitrogen and oxygen atoms in total. The van der Waals surface area contributed by atoms with Crippen LogP contribution in [0.3, 0.4) is 0 Å². The van der Waals surface area contributed by atoms with Crippen molar-refractivity contribution in [2.24, 2.45) is 7.05 Å². The molecule has 92 valence electrons. The first-order valence-corrected chi connectivity index (χ1v) is 5.87. The second-order valence-electron chi connectivity index (χ2n) is 4.31. The number of hydrogen-bond acceptors (Lipinski definition) is 1. The van der Waals surface area contributed by atoms with Crippen molar-refractivity contribution in [1.29, 1.82) is 0 Å². The SMILES string of the molecule is Cc1cc2c(cn1)c[n+](C)c1cc(Cl)ccc21.[F-]. The number of rotatable bonds is 0. The van der Waals surface area contributed by atoms with Gasteiger partial charge in [0.1, 0.15) is 7.05 Å². The van der Waals surface area contributed by atoms with Gasteiger partial charge in [0, 0.05) is 28.4 Å². The molecule has 0 saturated carbocycles. The summed E-state index contributed by atoms with van der Waals surface area (Å²) in [6.07, 6.45) is 4.00. The average molecular weight is 263 g/mol. The molecular formula is C14H12ClFN2. The Morgan fingerprint density at radius 3 is 2.72 bits per heavy atom. The fourth-order valence-corrected chi connectivity index (χ4v) is 2.38. The van der Waals surface area contributed by atoms with Crippen LogP contribution in [0.2, 0.25) is 5.02 Å². The van der Waals surface area contributed by atoms with Gasteiger partial charge in [-0.2, -0.15) is 0 Å². The molecule has 0 saturated heterocycles. The summed E-state index contributed by atoms with van der Waals surface area (Å²) in [5.74, 6) is 0. The molecular weight excluding hydrogens is 251 g/mol. The van der Waals surface area contributed by atoms with Crippen molar-refractivity contribution in [2.75, 3.05) is 0 Å². The molecule has 0 spiro atoms. The molecule has 0 aliphatic heterocycles. The molecule has 18 heavy (non-hydrogen) atoms. The standard InChI is InChI=1S/C14H12ClN2.FH/c1-9-5-13-10(7-16-9)8-17(2)14-6-11(15)3-4-12(13)14;/h3-8H,1-2H3;1H/q+1;/p-1. The summed E-state index contributed by atoms with van der Waals surface area (Å²) in [6, 6.07) is 8.11. The number of aryl methyl sites for hydroxylation is 2. The topological polar surface area (TPSA) is 16.8 Å². The lowest BCUT2D eigenvalue weighted by atomic mass is 10.1. The number of nitrogens with zero attached hydrogens (tertiary/aromatic N) is 2. The van der Waals surface area contributed by atoms with Crippen LogP contribution in [0, 0.1) is 6.92 Å². The third-order valence-electron chi connectivity index (χ3n) is 3.03. The molecule has 4 heteroatoms. The molecule has 0 radical (unpaired) electrons. The van der Waals surface area contributed by atoms with Gasteiger partial charge >= 0.3 is 0 Å². The highest BCUT2D eigenvalue weighted by Gasteiger charge is 2.11. The maximum absolute atomic E-state index is 6.05. The zero-order valence-corrected chi connectivity index (χ0v) is 10.9. The highest BCUT2D eigenvalue weighted by Crippen LogP contribution is 2.24. The maximum atomic E-state index is 6.05. The van der Waals surface area contributed by atoms with Gasteiger partial charge in [0.25, 0.3) is 0 Å². The van der Waals surface area contributed by atoms with Crippen molar-refractivity contribution in [2.45, 2.75) is 6.92 Å². The number of benzene rings is 1. The Kier molecular flexibility index (Phi) is 3.18. The van der Waals surface area contributed by atoms with E-state index in [1.165, 1.54) is 10.8 Å². The summed E-state index contributed by atoms with van der Waals surface area (Å²) < 4.78 is 2.08. The van der Waals surface area contributed by atoms with Gasteiger partial charge < -0.3 is 4.70 Å². The lowest BCUT2D eigenvalue weighted by Crippen LogP contribution is -3.00. The number of pyridine rings is 2. The lowest BCUT2D eigenvalue weighted by Gasteiger charge is -2.03. The minimum atomic E-state index is 0. The summed E-state index contributed by atoms with van der Waals surface area (Å²) in [5, 5.41) is 4.34. The third-order valence-corrected chi connectivity index (χ3v) is 3.27. The van der Waals surface area contributed by atoms with Crippen LogP contribution in [0.5, 0.6) is 0 Å². The van der Waals surface area contributed by atoms with E-state index in [1.807, 2.05) is 32.3 Å². The van der Waals surface area contributed by atoms with Gasteiger partial charge in [0.2, 0.25) is 5.52 Å². The Hall–Kier alpha value is -1.74. The van der Waals surface area contributed by atoms with E-state index in [0.717, 1.165) is 21.6 Å². The highest BCUT2D eigenvalue weighted by atomic mass is 35.5. The summed E-state index contributed by atoms with van der Waals surface area (Å²) in [7, 11) is 2.03. The first kappa shape index (κ1) is 12.7. The van der Waals surface area contributed by atoms with E-state index in [-0.39, 0.29) is 4.70 Å². The first-order chi connectivity index (χ1) is 8.15. The minimum absolute atomic E-state index is 0. The van der Waals surface area contributed by atoms with Gasteiger partial charge in [-0.25, -0.2) is 4.57 Å². The zero-order chi connectivity index (χ0) is 12.0. The van der Waals surface area contributed by atoms with Crippen molar-refractivity contribution in [1.82, 2.24) is 4.98 Å². The van der Waals surface area contributed by atoms with Crippen molar-refractivity contribution in [3.05, 3.63) is 47.4 Å². The second-order valence-corrected chi connectivity index (χ2v) is 4.75. The molecule has 2 heterocycles. The van der Waals surface area contributed by atoms with E-state index in [9.17, 15) is 0 Å². The predicted octanol–water partition coefficient (Wildman–Crippen LogP) is 0.178. The average Bonchev–Trinajstić information content (AvgIpc) is 2.30. The predicted molar refractivity (Wildman–Crippen MR) is 70.2 cm³/mol. The number of fused-ring (bicyclic) bond motifs is 3. The van der Waals surface area contributed by atoms with Crippen molar-refractivity contribution >= 4 is 33.3 Å². The largest absolute Gasteiger partial charge is 1.00 e. The quantitative estimate of drug-likeness (QED) is 0.417. The Morgan fingerprint density at radius 2 is 1.94 bits per heavy atom. The molecule has 0 bridgehead atoms. The van der Waals surface area contributed by atoms with Crippen LogP contribution in [0.1, 0.15) is 5.69 Å². The Bertz CT molecular complexity index is 741. The maximum Gasteiger partial charge on any atom is 0.214 e. The van der Waals surface area contributed by atoms with E-state index >= 15 is 0 Å². The van der Waals surface area contributed by atoms with Gasteiger partial charge in [0.05, 0.1) is 10.8 Å². The lowest BCUT2D eigenvalue weighted by molar-refractivity contribution is -0.643. The van der Waals surface area contributed by atoms with Crippen LogP contribution in [0.25, 0.3) is 21.7 Å². The normalized spacial score (nSPS) is 10.6. The van der Waals surface area contributed by atoms with Crippen molar-refractivity contribution in [3.8, 4) is 0 Å². The molecule has 0 aliphatic rings. The van der Waals surface area contributed by atoms with Crippen LogP contribution in [0.15, 0.2) is 36.7 Å².